The summed E-state index contributed by atoms with van der Waals surface area (Å²) in [6.45, 7) is 1.13. The van der Waals surface area contributed by atoms with Crippen LogP contribution in [0.25, 0.3) is 6.08 Å². The molecule has 0 atom stereocenters. The number of nitrogens with zero attached hydrogens (tertiary/aromatic N) is 1. The summed E-state index contributed by atoms with van der Waals surface area (Å²) in [6.07, 6.45) is -1.28. The molecule has 0 heterocycles. The van der Waals surface area contributed by atoms with Crippen molar-refractivity contribution in [3.63, 3.8) is 0 Å². The van der Waals surface area contributed by atoms with Gasteiger partial charge < -0.3 is 10.0 Å². The summed E-state index contributed by atoms with van der Waals surface area (Å²) >= 11 is 0. The molecule has 0 unspecified atom stereocenters. The number of carboxylic acids is 1. The molecule has 0 aliphatic carbocycles. The van der Waals surface area contributed by atoms with Gasteiger partial charge in [-0.1, -0.05) is 19.1 Å². The first kappa shape index (κ1) is 16.1. The van der Waals surface area contributed by atoms with E-state index in [2.05, 4.69) is 0 Å². The number of rotatable bonds is 6. The molecule has 0 fully saturated rings. The van der Waals surface area contributed by atoms with Gasteiger partial charge in [0.25, 0.3) is 0 Å². The number of aliphatic carboxylic acids is 1. The summed E-state index contributed by atoms with van der Waals surface area (Å²) in [5.74, 6) is -1.07. The van der Waals surface area contributed by atoms with Crippen molar-refractivity contribution in [1.29, 1.82) is 0 Å². The van der Waals surface area contributed by atoms with Crippen molar-refractivity contribution in [2.45, 2.75) is 19.5 Å². The molecular weight excluding hydrogens is 271 g/mol. The molecule has 0 aromatic heterocycles. The van der Waals surface area contributed by atoms with Gasteiger partial charge in [0, 0.05) is 18.3 Å². The summed E-state index contributed by atoms with van der Waals surface area (Å²) in [5, 5.41) is 8.50. The van der Waals surface area contributed by atoms with Crippen molar-refractivity contribution in [2.75, 3.05) is 18.0 Å². The van der Waals surface area contributed by atoms with Crippen molar-refractivity contribution in [3.05, 3.63) is 35.9 Å². The minimum Gasteiger partial charge on any atom is -0.478 e. The largest absolute Gasteiger partial charge is 0.478 e. The number of hydrogen-bond donors (Lipinski definition) is 1. The van der Waals surface area contributed by atoms with E-state index in [-0.39, 0.29) is 0 Å². The third-order valence-corrected chi connectivity index (χ3v) is 2.54. The Bertz CT molecular complexity index is 466. The molecule has 1 aromatic carbocycles. The summed E-state index contributed by atoms with van der Waals surface area (Å²) in [7, 11) is 0. The lowest BCUT2D eigenvalue weighted by molar-refractivity contribution is -0.131. The van der Waals surface area contributed by atoms with Crippen LogP contribution in [0.5, 0.6) is 0 Å². The van der Waals surface area contributed by atoms with Crippen molar-refractivity contribution < 1.29 is 23.1 Å². The molecule has 0 aliphatic heterocycles. The number of alkyl halides is 3. The molecule has 0 saturated carbocycles. The Balaban J connectivity index is 2.85. The van der Waals surface area contributed by atoms with Crippen LogP contribution in [0.3, 0.4) is 0 Å². The van der Waals surface area contributed by atoms with Crippen molar-refractivity contribution in [1.82, 2.24) is 0 Å². The summed E-state index contributed by atoms with van der Waals surface area (Å²) < 4.78 is 37.5. The van der Waals surface area contributed by atoms with Gasteiger partial charge >= 0.3 is 12.1 Å². The summed E-state index contributed by atoms with van der Waals surface area (Å²) in [6, 6.07) is 6.30. The maximum absolute atomic E-state index is 12.5. The first-order valence-corrected chi connectivity index (χ1v) is 6.14. The third-order valence-electron chi connectivity index (χ3n) is 2.54. The van der Waals surface area contributed by atoms with E-state index in [9.17, 15) is 18.0 Å². The molecule has 20 heavy (non-hydrogen) atoms. The van der Waals surface area contributed by atoms with Gasteiger partial charge in [-0.05, 0) is 30.2 Å². The summed E-state index contributed by atoms with van der Waals surface area (Å²) in [4.78, 5) is 11.6. The summed E-state index contributed by atoms with van der Waals surface area (Å²) in [5.41, 5.74) is 1.09. The van der Waals surface area contributed by atoms with Crippen LogP contribution in [0.1, 0.15) is 18.9 Å². The maximum atomic E-state index is 12.5. The zero-order valence-corrected chi connectivity index (χ0v) is 11.0. The molecule has 3 nitrogen and oxygen atoms in total. The van der Waals surface area contributed by atoms with Gasteiger partial charge in [0.2, 0.25) is 0 Å². The van der Waals surface area contributed by atoms with Gasteiger partial charge in [-0.25, -0.2) is 4.79 Å². The fraction of sp³-hybridized carbons (Fsp3) is 0.357. The van der Waals surface area contributed by atoms with Gasteiger partial charge in [0.1, 0.15) is 6.54 Å². The number of halogens is 3. The van der Waals surface area contributed by atoms with E-state index in [4.69, 9.17) is 5.11 Å². The van der Waals surface area contributed by atoms with Crippen LogP contribution in [-0.2, 0) is 4.79 Å². The molecule has 0 spiro atoms. The Kier molecular flexibility index (Phi) is 5.61. The monoisotopic (exact) mass is 287 g/mol. The highest BCUT2D eigenvalue weighted by Gasteiger charge is 2.30. The fourth-order valence-electron chi connectivity index (χ4n) is 1.75. The number of carbonyl (C=O) groups is 1. The van der Waals surface area contributed by atoms with E-state index >= 15 is 0 Å². The second-order valence-corrected chi connectivity index (χ2v) is 4.30. The topological polar surface area (TPSA) is 40.5 Å². The zero-order chi connectivity index (χ0) is 15.2. The van der Waals surface area contributed by atoms with Crippen molar-refractivity contribution in [2.24, 2.45) is 0 Å². The van der Waals surface area contributed by atoms with Crippen LogP contribution in [0, 0.1) is 0 Å². The lowest BCUT2D eigenvalue weighted by atomic mass is 10.1. The van der Waals surface area contributed by atoms with Crippen LogP contribution in [0.2, 0.25) is 0 Å². The number of hydrogen-bond acceptors (Lipinski definition) is 2. The zero-order valence-electron chi connectivity index (χ0n) is 11.0. The normalized spacial score (nSPS) is 11.8. The Hall–Kier alpha value is -1.98. The first-order chi connectivity index (χ1) is 9.31. The average molecular weight is 287 g/mol. The van der Waals surface area contributed by atoms with Crippen molar-refractivity contribution in [3.8, 4) is 0 Å². The fourth-order valence-corrected chi connectivity index (χ4v) is 1.75. The highest BCUT2D eigenvalue weighted by atomic mass is 19.4. The van der Waals surface area contributed by atoms with Gasteiger partial charge in [-0.15, -0.1) is 0 Å². The predicted molar refractivity (Wildman–Crippen MR) is 71.7 cm³/mol. The molecular formula is C14H16F3NO2. The average Bonchev–Trinajstić information content (AvgIpc) is 2.35. The minimum atomic E-state index is -4.25. The molecule has 0 saturated heterocycles. The van der Waals surface area contributed by atoms with Crippen LogP contribution in [-0.4, -0.2) is 30.3 Å². The highest BCUT2D eigenvalue weighted by Crippen LogP contribution is 2.23. The Morgan fingerprint density at radius 2 is 1.90 bits per heavy atom. The van der Waals surface area contributed by atoms with Crippen LogP contribution < -0.4 is 4.90 Å². The van der Waals surface area contributed by atoms with Gasteiger partial charge in [0.05, 0.1) is 0 Å². The van der Waals surface area contributed by atoms with Crippen molar-refractivity contribution >= 4 is 17.7 Å². The quantitative estimate of drug-likeness (QED) is 0.813. The minimum absolute atomic E-state index is 0.309. The lowest BCUT2D eigenvalue weighted by Gasteiger charge is -2.25. The van der Waals surface area contributed by atoms with Gasteiger partial charge in [-0.3, -0.25) is 0 Å². The number of carboxylic acid groups (broad SMARTS) is 1. The Labute approximate surface area is 115 Å². The molecule has 1 rings (SSSR count). The highest BCUT2D eigenvalue weighted by molar-refractivity contribution is 5.85. The van der Waals surface area contributed by atoms with Crippen LogP contribution in [0.4, 0.5) is 18.9 Å². The predicted octanol–water partition coefficient (Wildman–Crippen LogP) is 3.56. The second-order valence-electron chi connectivity index (χ2n) is 4.30. The lowest BCUT2D eigenvalue weighted by Crippen LogP contribution is -2.34. The smallest absolute Gasteiger partial charge is 0.405 e. The number of benzene rings is 1. The van der Waals surface area contributed by atoms with Gasteiger partial charge in [0.15, 0.2) is 0 Å². The van der Waals surface area contributed by atoms with E-state index < -0.39 is 18.7 Å². The Morgan fingerprint density at radius 3 is 2.35 bits per heavy atom. The van der Waals surface area contributed by atoms with E-state index in [1.165, 1.54) is 11.0 Å². The SMILES string of the molecule is CCCN(CC(F)(F)F)c1ccc(C=CC(=O)O)cc1. The molecule has 0 aliphatic rings. The molecule has 0 amide bonds. The number of anilines is 1. The molecule has 0 radical (unpaired) electrons. The molecule has 1 N–H and O–H groups in total. The Morgan fingerprint density at radius 1 is 1.30 bits per heavy atom. The molecule has 1 aromatic rings. The second kappa shape index (κ2) is 6.98. The standard InChI is InChI=1S/C14H16F3NO2/c1-2-9-18(10-14(15,16)17)12-6-3-11(4-7-12)5-8-13(19)20/h3-8H,2,9-10H2,1H3,(H,19,20). The molecule has 6 heteroatoms. The van der Waals surface area contributed by atoms with E-state index in [1.54, 1.807) is 24.3 Å². The van der Waals surface area contributed by atoms with Gasteiger partial charge in [-0.2, -0.15) is 13.2 Å². The van der Waals surface area contributed by atoms with Crippen LogP contribution in [0.15, 0.2) is 30.3 Å². The van der Waals surface area contributed by atoms with E-state index in [0.29, 0.717) is 24.2 Å². The first-order valence-electron chi connectivity index (χ1n) is 6.14. The van der Waals surface area contributed by atoms with E-state index in [0.717, 1.165) is 6.08 Å². The van der Waals surface area contributed by atoms with Crippen LogP contribution >= 0.6 is 0 Å². The molecule has 110 valence electrons. The maximum Gasteiger partial charge on any atom is 0.405 e. The molecule has 0 bridgehead atoms. The third kappa shape index (κ3) is 5.77. The van der Waals surface area contributed by atoms with E-state index in [1.807, 2.05) is 6.92 Å².